The Balaban J connectivity index is 1.25. The molecule has 0 aromatic carbocycles. The van der Waals surface area contributed by atoms with E-state index in [1.54, 1.807) is 5.57 Å². The van der Waals surface area contributed by atoms with Crippen molar-refractivity contribution in [3.8, 4) is 0 Å². The number of ether oxygens (including phenoxy) is 1. The molecular weight excluding hydrogens is 596 g/mol. The lowest BCUT2D eigenvalue weighted by Gasteiger charge is -2.58. The monoisotopic (exact) mass is 671 g/mol. The number of nitrogens with one attached hydrogen (secondary N) is 1. The molecule has 5 N–H and O–H groups in total. The van der Waals surface area contributed by atoms with Crippen molar-refractivity contribution in [3.05, 3.63) is 11.6 Å². The number of amides is 1. The van der Waals surface area contributed by atoms with E-state index in [0.717, 1.165) is 93.5 Å². The Morgan fingerprint density at radius 1 is 0.896 bits per heavy atom. The zero-order valence-electron chi connectivity index (χ0n) is 31.7. The van der Waals surface area contributed by atoms with Crippen LogP contribution in [0.1, 0.15) is 144 Å². The van der Waals surface area contributed by atoms with Crippen LogP contribution in [0.3, 0.4) is 0 Å². The van der Waals surface area contributed by atoms with Gasteiger partial charge in [0.15, 0.2) is 0 Å². The number of nitrogens with zero attached hydrogens (tertiary/aromatic N) is 1. The Labute approximate surface area is 294 Å². The summed E-state index contributed by atoms with van der Waals surface area (Å²) in [4.78, 5) is 28.0. The number of carbonyl (C=O) groups excluding carboxylic acids is 2. The lowest BCUT2D eigenvalue weighted by molar-refractivity contribution is -0.153. The van der Waals surface area contributed by atoms with E-state index in [0.29, 0.717) is 31.6 Å². The van der Waals surface area contributed by atoms with Crippen LogP contribution in [0, 0.1) is 46.3 Å². The van der Waals surface area contributed by atoms with Gasteiger partial charge in [-0.2, -0.15) is 0 Å². The van der Waals surface area contributed by atoms with E-state index in [1.165, 1.54) is 51.4 Å². The summed E-state index contributed by atoms with van der Waals surface area (Å²) in [5.74, 6) is 4.80. The molecule has 0 heterocycles. The molecule has 7 heteroatoms. The highest BCUT2D eigenvalue weighted by Gasteiger charge is 2.59. The summed E-state index contributed by atoms with van der Waals surface area (Å²) in [6.45, 7) is 17.0. The first-order chi connectivity index (χ1) is 23.0. The molecule has 0 spiro atoms. The van der Waals surface area contributed by atoms with Gasteiger partial charge in [0.25, 0.3) is 0 Å². The number of nitrogens with two attached hydrogens (primary N) is 2. The maximum absolute atomic E-state index is 13.1. The third-order valence-electron chi connectivity index (χ3n) is 13.7. The molecule has 0 radical (unpaired) electrons. The topological polar surface area (TPSA) is 111 Å². The molecule has 0 aromatic rings. The van der Waals surface area contributed by atoms with Gasteiger partial charge in [-0.25, -0.2) is 0 Å². The SMILES string of the molecule is CC(C)CCCC(C)C1CCC2C3CC=C4CC(OC(=O)CCC(=O)N(CCCN)CCCCNCCCN)CCC4(C)C3CCC12C. The molecule has 3 fully saturated rings. The molecule has 48 heavy (non-hydrogen) atoms. The Morgan fingerprint density at radius 2 is 1.65 bits per heavy atom. The van der Waals surface area contributed by atoms with Crippen molar-refractivity contribution < 1.29 is 14.3 Å². The molecule has 4 aliphatic carbocycles. The summed E-state index contributed by atoms with van der Waals surface area (Å²) in [5.41, 5.74) is 13.6. The summed E-state index contributed by atoms with van der Waals surface area (Å²) in [7, 11) is 0. The lowest BCUT2D eigenvalue weighted by atomic mass is 9.47. The van der Waals surface area contributed by atoms with Gasteiger partial charge in [0.1, 0.15) is 6.10 Å². The number of hydrogen-bond acceptors (Lipinski definition) is 6. The van der Waals surface area contributed by atoms with Crippen LogP contribution in [-0.2, 0) is 14.3 Å². The number of allylic oxidation sites excluding steroid dienone is 1. The molecular formula is C41H74N4O3. The third kappa shape index (κ3) is 9.87. The number of esters is 1. The average molecular weight is 671 g/mol. The van der Waals surface area contributed by atoms with Gasteiger partial charge in [-0.1, -0.05) is 65.5 Å². The molecule has 1 amide bonds. The number of hydrogen-bond donors (Lipinski definition) is 3. The van der Waals surface area contributed by atoms with Crippen LogP contribution in [0.25, 0.3) is 0 Å². The summed E-state index contributed by atoms with van der Waals surface area (Å²) in [6.07, 6.45) is 20.5. The summed E-state index contributed by atoms with van der Waals surface area (Å²) in [6, 6.07) is 0. The van der Waals surface area contributed by atoms with E-state index in [1.807, 2.05) is 4.90 Å². The minimum atomic E-state index is -0.220. The minimum Gasteiger partial charge on any atom is -0.462 e. The highest BCUT2D eigenvalue weighted by atomic mass is 16.5. The van der Waals surface area contributed by atoms with Gasteiger partial charge in [0.05, 0.1) is 6.42 Å². The third-order valence-corrected chi connectivity index (χ3v) is 13.7. The first kappa shape index (κ1) is 39.3. The molecule has 0 aliphatic heterocycles. The van der Waals surface area contributed by atoms with Crippen molar-refractivity contribution in [2.24, 2.45) is 57.8 Å². The number of carbonyl (C=O) groups is 2. The van der Waals surface area contributed by atoms with E-state index in [-0.39, 0.29) is 36.2 Å². The maximum Gasteiger partial charge on any atom is 0.306 e. The van der Waals surface area contributed by atoms with E-state index in [9.17, 15) is 9.59 Å². The van der Waals surface area contributed by atoms with E-state index < -0.39 is 0 Å². The molecule has 3 saturated carbocycles. The first-order valence-corrected chi connectivity index (χ1v) is 20.3. The fourth-order valence-corrected chi connectivity index (χ4v) is 10.9. The molecule has 7 nitrogen and oxygen atoms in total. The van der Waals surface area contributed by atoms with Gasteiger partial charge >= 0.3 is 5.97 Å². The van der Waals surface area contributed by atoms with Crippen molar-refractivity contribution in [2.45, 2.75) is 150 Å². The minimum absolute atomic E-state index is 0.0390. The number of unbranched alkanes of at least 4 members (excludes halogenated alkanes) is 1. The van der Waals surface area contributed by atoms with Gasteiger partial charge in [-0.15, -0.1) is 0 Å². The predicted octanol–water partition coefficient (Wildman–Crippen LogP) is 7.62. The highest BCUT2D eigenvalue weighted by molar-refractivity contribution is 5.81. The van der Waals surface area contributed by atoms with Crippen LogP contribution in [0.4, 0.5) is 0 Å². The molecule has 0 aromatic heterocycles. The zero-order chi connectivity index (χ0) is 34.7. The van der Waals surface area contributed by atoms with Crippen LogP contribution in [0.2, 0.25) is 0 Å². The van der Waals surface area contributed by atoms with Crippen LogP contribution >= 0.6 is 0 Å². The van der Waals surface area contributed by atoms with Gasteiger partial charge in [0.2, 0.25) is 5.91 Å². The van der Waals surface area contributed by atoms with Crippen molar-refractivity contribution in [1.29, 1.82) is 0 Å². The summed E-state index contributed by atoms with van der Waals surface area (Å²) in [5, 5.41) is 3.40. The first-order valence-electron chi connectivity index (χ1n) is 20.3. The van der Waals surface area contributed by atoms with E-state index in [2.05, 4.69) is 46.0 Å². The van der Waals surface area contributed by atoms with Gasteiger partial charge < -0.3 is 26.4 Å². The number of fused-ring (bicyclic) bond motifs is 5. The van der Waals surface area contributed by atoms with Crippen molar-refractivity contribution in [2.75, 3.05) is 39.3 Å². The van der Waals surface area contributed by atoms with Crippen molar-refractivity contribution in [3.63, 3.8) is 0 Å². The normalized spacial score (nSPS) is 31.8. The maximum atomic E-state index is 13.1. The Bertz CT molecular complexity index is 1050. The predicted molar refractivity (Wildman–Crippen MR) is 198 cm³/mol. The molecule has 276 valence electrons. The van der Waals surface area contributed by atoms with Gasteiger partial charge in [-0.05, 0) is 143 Å². The average Bonchev–Trinajstić information content (AvgIpc) is 3.42. The van der Waals surface area contributed by atoms with E-state index >= 15 is 0 Å². The molecule has 8 atom stereocenters. The highest BCUT2D eigenvalue weighted by Crippen LogP contribution is 2.67. The second-order valence-corrected chi connectivity index (χ2v) is 17.3. The van der Waals surface area contributed by atoms with Crippen LogP contribution in [0.15, 0.2) is 11.6 Å². The Hall–Kier alpha value is -1.44. The lowest BCUT2D eigenvalue weighted by Crippen LogP contribution is -2.51. The molecule has 0 bridgehead atoms. The van der Waals surface area contributed by atoms with Crippen LogP contribution < -0.4 is 16.8 Å². The van der Waals surface area contributed by atoms with Gasteiger partial charge in [-0.3, -0.25) is 9.59 Å². The molecule has 4 rings (SSSR count). The molecule has 0 saturated heterocycles. The smallest absolute Gasteiger partial charge is 0.306 e. The second-order valence-electron chi connectivity index (χ2n) is 17.3. The molecule has 8 unspecified atom stereocenters. The van der Waals surface area contributed by atoms with Crippen LogP contribution in [-0.4, -0.2) is 62.1 Å². The van der Waals surface area contributed by atoms with E-state index in [4.69, 9.17) is 16.2 Å². The van der Waals surface area contributed by atoms with Crippen molar-refractivity contribution >= 4 is 11.9 Å². The standard InChI is InChI=1S/C41H74N4O3/c1-30(2)11-8-12-31(3)35-15-16-36-34-14-13-32-29-33(19-21-40(32,4)37(34)20-22-41(35,36)5)48-39(47)18-17-38(46)45(28-10-24-43)27-7-6-25-44-26-9-23-42/h13,30-31,33-37,44H,6-12,14-29,42-43H2,1-5H3. The Kier molecular flexibility index (Phi) is 15.3. The fraction of sp³-hybridized carbons (Fsp3) is 0.902. The van der Waals surface area contributed by atoms with Gasteiger partial charge in [0, 0.05) is 25.9 Å². The fourth-order valence-electron chi connectivity index (χ4n) is 10.9. The number of rotatable bonds is 20. The quantitative estimate of drug-likeness (QED) is 0.0699. The largest absolute Gasteiger partial charge is 0.462 e. The van der Waals surface area contributed by atoms with Crippen molar-refractivity contribution in [1.82, 2.24) is 10.2 Å². The molecule has 4 aliphatic rings. The zero-order valence-corrected chi connectivity index (χ0v) is 31.7. The summed E-state index contributed by atoms with van der Waals surface area (Å²) >= 11 is 0. The van der Waals surface area contributed by atoms with Crippen LogP contribution in [0.5, 0.6) is 0 Å². The summed E-state index contributed by atoms with van der Waals surface area (Å²) < 4.78 is 6.06. The Morgan fingerprint density at radius 3 is 2.40 bits per heavy atom. The second kappa shape index (κ2) is 18.7.